The van der Waals surface area contributed by atoms with Gasteiger partial charge in [0, 0.05) is 23.2 Å². The number of aliphatic hydroxyl groups excluding tert-OH is 1. The van der Waals surface area contributed by atoms with Crippen molar-refractivity contribution in [2.75, 3.05) is 12.3 Å². The van der Waals surface area contributed by atoms with Gasteiger partial charge >= 0.3 is 0 Å². The van der Waals surface area contributed by atoms with Crippen LogP contribution in [0.1, 0.15) is 25.0 Å². The van der Waals surface area contributed by atoms with Crippen molar-refractivity contribution >= 4 is 11.8 Å². The summed E-state index contributed by atoms with van der Waals surface area (Å²) in [4.78, 5) is 1.27. The summed E-state index contributed by atoms with van der Waals surface area (Å²) < 4.78 is 0. The minimum absolute atomic E-state index is 0.290. The lowest BCUT2D eigenvalue weighted by Crippen LogP contribution is -2.33. The molecular formula is C14H23NOS. The minimum atomic E-state index is -0.290. The third-order valence-corrected chi connectivity index (χ3v) is 3.84. The van der Waals surface area contributed by atoms with Gasteiger partial charge in [-0.25, -0.2) is 0 Å². The van der Waals surface area contributed by atoms with Gasteiger partial charge in [-0.3, -0.25) is 0 Å². The van der Waals surface area contributed by atoms with Crippen LogP contribution in [0.3, 0.4) is 0 Å². The van der Waals surface area contributed by atoms with E-state index in [1.54, 1.807) is 11.8 Å². The normalized spacial score (nSPS) is 13.1. The second-order valence-corrected chi connectivity index (χ2v) is 5.86. The highest BCUT2D eigenvalue weighted by Crippen LogP contribution is 2.23. The zero-order valence-electron chi connectivity index (χ0n) is 11.2. The van der Waals surface area contributed by atoms with Gasteiger partial charge in [0.05, 0.1) is 6.10 Å². The molecule has 0 spiro atoms. The van der Waals surface area contributed by atoms with Crippen molar-refractivity contribution in [3.05, 3.63) is 29.3 Å². The standard InChI is InChI=1S/C14H23NOS/c1-10(2)15-8-13(16)9-17-14-7-11(3)5-6-12(14)4/h5-7,10,13,15-16H,8-9H2,1-4H3. The zero-order valence-corrected chi connectivity index (χ0v) is 12.0. The molecule has 0 aliphatic heterocycles. The van der Waals surface area contributed by atoms with Crippen LogP contribution in [-0.4, -0.2) is 29.5 Å². The van der Waals surface area contributed by atoms with Gasteiger partial charge in [0.15, 0.2) is 0 Å². The van der Waals surface area contributed by atoms with Crippen molar-refractivity contribution < 1.29 is 5.11 Å². The van der Waals surface area contributed by atoms with Crippen molar-refractivity contribution in [1.29, 1.82) is 0 Å². The molecule has 1 aromatic carbocycles. The molecule has 0 aromatic heterocycles. The number of aliphatic hydroxyl groups is 1. The predicted molar refractivity (Wildman–Crippen MR) is 75.8 cm³/mol. The van der Waals surface area contributed by atoms with Gasteiger partial charge in [-0.15, -0.1) is 11.8 Å². The summed E-state index contributed by atoms with van der Waals surface area (Å²) in [7, 11) is 0. The summed E-state index contributed by atoms with van der Waals surface area (Å²) in [6.45, 7) is 9.05. The molecule has 3 heteroatoms. The van der Waals surface area contributed by atoms with Crippen LogP contribution < -0.4 is 5.32 Å². The van der Waals surface area contributed by atoms with Crippen LogP contribution >= 0.6 is 11.8 Å². The van der Waals surface area contributed by atoms with E-state index in [4.69, 9.17) is 0 Å². The molecule has 17 heavy (non-hydrogen) atoms. The van der Waals surface area contributed by atoms with E-state index in [0.717, 1.165) is 5.75 Å². The molecule has 0 radical (unpaired) electrons. The molecule has 1 rings (SSSR count). The molecule has 0 saturated heterocycles. The molecule has 1 unspecified atom stereocenters. The van der Waals surface area contributed by atoms with Crippen molar-refractivity contribution in [2.45, 2.75) is 44.7 Å². The summed E-state index contributed by atoms with van der Waals surface area (Å²) in [5.41, 5.74) is 2.55. The molecule has 2 N–H and O–H groups in total. The van der Waals surface area contributed by atoms with Crippen molar-refractivity contribution in [3.63, 3.8) is 0 Å². The number of benzene rings is 1. The van der Waals surface area contributed by atoms with Crippen LogP contribution in [-0.2, 0) is 0 Å². The van der Waals surface area contributed by atoms with Gasteiger partial charge in [0.2, 0.25) is 0 Å². The van der Waals surface area contributed by atoms with E-state index in [1.807, 2.05) is 0 Å². The summed E-state index contributed by atoms with van der Waals surface area (Å²) in [6, 6.07) is 6.87. The smallest absolute Gasteiger partial charge is 0.0758 e. The van der Waals surface area contributed by atoms with Gasteiger partial charge in [-0.1, -0.05) is 31.5 Å². The van der Waals surface area contributed by atoms with Gasteiger partial charge < -0.3 is 10.4 Å². The van der Waals surface area contributed by atoms with Crippen LogP contribution in [0.25, 0.3) is 0 Å². The van der Waals surface area contributed by atoms with E-state index in [-0.39, 0.29) is 6.10 Å². The Morgan fingerprint density at radius 1 is 1.29 bits per heavy atom. The van der Waals surface area contributed by atoms with Crippen LogP contribution in [0.4, 0.5) is 0 Å². The fourth-order valence-electron chi connectivity index (χ4n) is 1.48. The second-order valence-electron chi connectivity index (χ2n) is 4.80. The van der Waals surface area contributed by atoms with E-state index in [2.05, 4.69) is 51.2 Å². The van der Waals surface area contributed by atoms with E-state index < -0.39 is 0 Å². The largest absolute Gasteiger partial charge is 0.391 e. The van der Waals surface area contributed by atoms with Crippen LogP contribution in [0.2, 0.25) is 0 Å². The monoisotopic (exact) mass is 253 g/mol. The van der Waals surface area contributed by atoms with Gasteiger partial charge in [0.25, 0.3) is 0 Å². The molecule has 0 aliphatic carbocycles. The fourth-order valence-corrected chi connectivity index (χ4v) is 2.53. The minimum Gasteiger partial charge on any atom is -0.391 e. The Bertz CT molecular complexity index is 352. The zero-order chi connectivity index (χ0) is 12.8. The number of rotatable bonds is 6. The third kappa shape index (κ3) is 5.57. The Morgan fingerprint density at radius 3 is 2.65 bits per heavy atom. The molecule has 0 fully saturated rings. The lowest BCUT2D eigenvalue weighted by atomic mass is 10.2. The number of hydrogen-bond donors (Lipinski definition) is 2. The molecule has 1 atom stereocenters. The molecular weight excluding hydrogens is 230 g/mol. The van der Waals surface area contributed by atoms with E-state index in [1.165, 1.54) is 16.0 Å². The maximum absolute atomic E-state index is 9.84. The molecule has 0 heterocycles. The van der Waals surface area contributed by atoms with Crippen molar-refractivity contribution in [2.24, 2.45) is 0 Å². The molecule has 0 aliphatic rings. The first-order valence-electron chi connectivity index (χ1n) is 6.10. The lowest BCUT2D eigenvalue weighted by Gasteiger charge is -2.14. The van der Waals surface area contributed by atoms with E-state index in [9.17, 15) is 5.11 Å². The molecule has 0 saturated carbocycles. The molecule has 0 bridgehead atoms. The first kappa shape index (κ1) is 14.6. The Morgan fingerprint density at radius 2 is 2.00 bits per heavy atom. The Kier molecular flexibility index (Phi) is 6.03. The van der Waals surface area contributed by atoms with Crippen LogP contribution in [0.5, 0.6) is 0 Å². The average Bonchev–Trinajstić information content (AvgIpc) is 2.27. The van der Waals surface area contributed by atoms with E-state index >= 15 is 0 Å². The summed E-state index contributed by atoms with van der Waals surface area (Å²) in [5, 5.41) is 13.1. The van der Waals surface area contributed by atoms with Crippen LogP contribution in [0, 0.1) is 13.8 Å². The first-order chi connectivity index (χ1) is 7.99. The second kappa shape index (κ2) is 7.04. The van der Waals surface area contributed by atoms with Gasteiger partial charge in [-0.05, 0) is 25.5 Å². The maximum atomic E-state index is 9.84. The number of thioether (sulfide) groups is 1. The molecule has 0 amide bonds. The highest BCUT2D eigenvalue weighted by molar-refractivity contribution is 7.99. The topological polar surface area (TPSA) is 32.3 Å². The molecule has 1 aromatic rings. The summed E-state index contributed by atoms with van der Waals surface area (Å²) in [6.07, 6.45) is -0.290. The first-order valence-corrected chi connectivity index (χ1v) is 7.09. The predicted octanol–water partition coefficient (Wildman–Crippen LogP) is 2.75. The van der Waals surface area contributed by atoms with Gasteiger partial charge in [-0.2, -0.15) is 0 Å². The highest BCUT2D eigenvalue weighted by Gasteiger charge is 2.07. The third-order valence-electron chi connectivity index (χ3n) is 2.54. The lowest BCUT2D eigenvalue weighted by molar-refractivity contribution is 0.192. The Labute approximate surface area is 109 Å². The highest BCUT2D eigenvalue weighted by atomic mass is 32.2. The Hall–Kier alpha value is -0.510. The molecule has 96 valence electrons. The SMILES string of the molecule is Cc1ccc(C)c(SCC(O)CNC(C)C)c1. The Balaban J connectivity index is 2.41. The maximum Gasteiger partial charge on any atom is 0.0758 e. The number of nitrogens with one attached hydrogen (secondary N) is 1. The van der Waals surface area contributed by atoms with Crippen LogP contribution in [0.15, 0.2) is 23.1 Å². The number of aryl methyl sites for hydroxylation is 2. The average molecular weight is 253 g/mol. The van der Waals surface area contributed by atoms with E-state index in [0.29, 0.717) is 12.6 Å². The molecule has 2 nitrogen and oxygen atoms in total. The van der Waals surface area contributed by atoms with Crippen molar-refractivity contribution in [1.82, 2.24) is 5.32 Å². The number of hydrogen-bond acceptors (Lipinski definition) is 3. The van der Waals surface area contributed by atoms with Gasteiger partial charge in [0.1, 0.15) is 0 Å². The summed E-state index contributed by atoms with van der Waals surface area (Å²) >= 11 is 1.73. The quantitative estimate of drug-likeness (QED) is 0.765. The fraction of sp³-hybridized carbons (Fsp3) is 0.571. The van der Waals surface area contributed by atoms with Crippen molar-refractivity contribution in [3.8, 4) is 0 Å². The summed E-state index contributed by atoms with van der Waals surface area (Å²) in [5.74, 6) is 0.740.